The fourth-order valence-corrected chi connectivity index (χ4v) is 1.06. The molecule has 0 bridgehead atoms. The predicted octanol–water partition coefficient (Wildman–Crippen LogP) is 3.14. The maximum absolute atomic E-state index is 12.4. The molecule has 1 nitrogen and oxygen atoms in total. The van der Waals surface area contributed by atoms with Crippen molar-refractivity contribution in [2.75, 3.05) is 0 Å². The van der Waals surface area contributed by atoms with Crippen LogP contribution in [-0.4, -0.2) is 0 Å². The lowest BCUT2D eigenvalue weighted by molar-refractivity contribution is 0.628. The molecule has 0 N–H and O–H groups in total. The highest BCUT2D eigenvalue weighted by Gasteiger charge is 1.95. The van der Waals surface area contributed by atoms with Gasteiger partial charge in [0.05, 0.1) is 6.57 Å². The van der Waals surface area contributed by atoms with Crippen LogP contribution in [0.2, 0.25) is 0 Å². The largest absolute Gasteiger partial charge is 0.238 e. The second-order valence-corrected chi connectivity index (χ2v) is 2.66. The molecule has 0 unspecified atom stereocenters. The van der Waals surface area contributed by atoms with E-state index >= 15 is 0 Å². The first-order chi connectivity index (χ1) is 4.72. The maximum atomic E-state index is 12.4. The van der Waals surface area contributed by atoms with E-state index in [-0.39, 0.29) is 5.82 Å². The molecule has 0 amide bonds. The molecule has 0 saturated heterocycles. The zero-order chi connectivity index (χ0) is 7.56. The summed E-state index contributed by atoms with van der Waals surface area (Å²) in [7, 11) is 0. The van der Waals surface area contributed by atoms with Crippen LogP contribution in [0.1, 0.15) is 0 Å². The van der Waals surface area contributed by atoms with E-state index < -0.39 is 0 Å². The third kappa shape index (κ3) is 1.55. The van der Waals surface area contributed by atoms with Gasteiger partial charge in [0, 0.05) is 4.47 Å². The fraction of sp³-hybridized carbons (Fsp3) is 0. The van der Waals surface area contributed by atoms with Gasteiger partial charge in [-0.1, -0.05) is 15.9 Å². The van der Waals surface area contributed by atoms with Crippen LogP contribution in [0.25, 0.3) is 4.85 Å². The number of nitrogens with zero attached hydrogens (tertiary/aromatic N) is 1. The van der Waals surface area contributed by atoms with Gasteiger partial charge in [-0.2, -0.15) is 0 Å². The molecule has 50 valence electrons. The third-order valence-electron chi connectivity index (χ3n) is 0.976. The lowest BCUT2D eigenvalue weighted by Gasteiger charge is -1.91. The van der Waals surface area contributed by atoms with E-state index in [1.54, 1.807) is 6.07 Å². The number of hydrogen-bond acceptors (Lipinski definition) is 0. The molecule has 0 saturated carbocycles. The van der Waals surface area contributed by atoms with Gasteiger partial charge in [0.15, 0.2) is 5.69 Å². The highest BCUT2D eigenvalue weighted by Crippen LogP contribution is 2.20. The van der Waals surface area contributed by atoms with Crippen molar-refractivity contribution in [1.82, 2.24) is 0 Å². The Kier molecular flexibility index (Phi) is 2.03. The minimum atomic E-state index is -0.389. The zero-order valence-electron chi connectivity index (χ0n) is 4.94. The first-order valence-corrected chi connectivity index (χ1v) is 3.35. The summed E-state index contributed by atoms with van der Waals surface area (Å²) in [4.78, 5) is 3.07. The van der Waals surface area contributed by atoms with Gasteiger partial charge in [-0.15, -0.1) is 0 Å². The quantitative estimate of drug-likeness (QED) is 0.566. The maximum Gasteiger partial charge on any atom is 0.191 e. The molecule has 0 heterocycles. The summed E-state index contributed by atoms with van der Waals surface area (Å²) in [6.45, 7) is 6.57. The number of halogens is 2. The third-order valence-corrected chi connectivity index (χ3v) is 1.43. The molecule has 0 radical (unpaired) electrons. The summed E-state index contributed by atoms with van der Waals surface area (Å²) in [5, 5.41) is 0. The Morgan fingerprint density at radius 2 is 2.10 bits per heavy atom. The summed E-state index contributed by atoms with van der Waals surface area (Å²) in [6.07, 6.45) is 0. The molecular weight excluding hydrogens is 197 g/mol. The van der Waals surface area contributed by atoms with E-state index in [1.165, 1.54) is 12.1 Å². The lowest BCUT2D eigenvalue weighted by atomic mass is 10.3. The Hall–Kier alpha value is -0.880. The Morgan fingerprint density at radius 1 is 1.40 bits per heavy atom. The Bertz CT molecular complexity index is 270. The van der Waals surface area contributed by atoms with Gasteiger partial charge in [0.2, 0.25) is 0 Å². The molecular formula is C7H3BrFN. The van der Waals surface area contributed by atoms with Gasteiger partial charge in [0.25, 0.3) is 0 Å². The SMILES string of the molecule is [C-]#[N+]c1cc(F)cc(Br)c1. The minimum absolute atomic E-state index is 0.312. The van der Waals surface area contributed by atoms with Crippen LogP contribution in [0, 0.1) is 12.4 Å². The van der Waals surface area contributed by atoms with Crippen molar-refractivity contribution in [1.29, 1.82) is 0 Å². The van der Waals surface area contributed by atoms with Gasteiger partial charge >= 0.3 is 0 Å². The van der Waals surface area contributed by atoms with Gasteiger partial charge in [0.1, 0.15) is 5.82 Å². The van der Waals surface area contributed by atoms with Crippen LogP contribution in [0.5, 0.6) is 0 Å². The van der Waals surface area contributed by atoms with Crippen LogP contribution in [-0.2, 0) is 0 Å². The van der Waals surface area contributed by atoms with Crippen molar-refractivity contribution >= 4 is 21.6 Å². The van der Waals surface area contributed by atoms with E-state index in [0.717, 1.165) is 0 Å². The van der Waals surface area contributed by atoms with Crippen molar-refractivity contribution in [2.24, 2.45) is 0 Å². The van der Waals surface area contributed by atoms with Gasteiger partial charge in [-0.05, 0) is 18.2 Å². The smallest absolute Gasteiger partial charge is 0.191 e. The molecule has 1 rings (SSSR count). The van der Waals surface area contributed by atoms with Gasteiger partial charge in [-0.3, -0.25) is 0 Å². The topological polar surface area (TPSA) is 4.36 Å². The molecule has 0 aliphatic carbocycles. The first kappa shape index (κ1) is 7.23. The summed E-state index contributed by atoms with van der Waals surface area (Å²) >= 11 is 3.07. The molecule has 1 aromatic carbocycles. The van der Waals surface area contributed by atoms with E-state index in [2.05, 4.69) is 20.8 Å². The molecule has 0 aliphatic rings. The summed E-state index contributed by atoms with van der Waals surface area (Å²) in [6, 6.07) is 4.07. The van der Waals surface area contributed by atoms with Crippen molar-refractivity contribution in [3.05, 3.63) is 39.9 Å². The van der Waals surface area contributed by atoms with Crippen molar-refractivity contribution in [2.45, 2.75) is 0 Å². The van der Waals surface area contributed by atoms with E-state index in [9.17, 15) is 4.39 Å². The Morgan fingerprint density at radius 3 is 2.60 bits per heavy atom. The second-order valence-electron chi connectivity index (χ2n) is 1.74. The Labute approximate surface area is 66.4 Å². The van der Waals surface area contributed by atoms with Crippen LogP contribution in [0.15, 0.2) is 22.7 Å². The monoisotopic (exact) mass is 199 g/mol. The number of hydrogen-bond donors (Lipinski definition) is 0. The van der Waals surface area contributed by atoms with Gasteiger partial charge in [-0.25, -0.2) is 9.24 Å². The molecule has 10 heavy (non-hydrogen) atoms. The number of benzene rings is 1. The van der Waals surface area contributed by atoms with Crippen molar-refractivity contribution in [3.8, 4) is 0 Å². The standard InChI is InChI=1S/C7H3BrFN/c1-10-7-3-5(8)2-6(9)4-7/h2-4H. The summed E-state index contributed by atoms with van der Waals surface area (Å²) in [5.74, 6) is -0.389. The highest BCUT2D eigenvalue weighted by molar-refractivity contribution is 9.10. The van der Waals surface area contributed by atoms with E-state index in [1.807, 2.05) is 0 Å². The average molecular weight is 200 g/mol. The average Bonchev–Trinajstić information content (AvgIpc) is 1.85. The van der Waals surface area contributed by atoms with E-state index in [4.69, 9.17) is 6.57 Å². The summed E-state index contributed by atoms with van der Waals surface area (Å²) in [5.41, 5.74) is 0.312. The zero-order valence-corrected chi connectivity index (χ0v) is 6.52. The fourth-order valence-electron chi connectivity index (χ4n) is 0.604. The Balaban J connectivity index is 3.22. The van der Waals surface area contributed by atoms with Crippen LogP contribution >= 0.6 is 15.9 Å². The van der Waals surface area contributed by atoms with Crippen LogP contribution in [0.3, 0.4) is 0 Å². The van der Waals surface area contributed by atoms with E-state index in [0.29, 0.717) is 10.2 Å². The van der Waals surface area contributed by atoms with Gasteiger partial charge < -0.3 is 0 Å². The molecule has 3 heteroatoms. The second kappa shape index (κ2) is 2.80. The molecule has 0 fully saturated rings. The molecule has 0 atom stereocenters. The molecule has 0 aliphatic heterocycles. The highest BCUT2D eigenvalue weighted by atomic mass is 79.9. The van der Waals surface area contributed by atoms with Crippen LogP contribution in [0.4, 0.5) is 10.1 Å². The van der Waals surface area contributed by atoms with Crippen molar-refractivity contribution in [3.63, 3.8) is 0 Å². The predicted molar refractivity (Wildman–Crippen MR) is 40.4 cm³/mol. The summed E-state index contributed by atoms with van der Waals surface area (Å²) < 4.78 is 13.0. The molecule has 0 spiro atoms. The van der Waals surface area contributed by atoms with Crippen LogP contribution < -0.4 is 0 Å². The number of rotatable bonds is 0. The lowest BCUT2D eigenvalue weighted by Crippen LogP contribution is -1.71. The normalized spacial score (nSPS) is 8.90. The molecule has 0 aromatic heterocycles. The van der Waals surface area contributed by atoms with Crippen molar-refractivity contribution < 1.29 is 4.39 Å². The molecule has 1 aromatic rings. The first-order valence-electron chi connectivity index (χ1n) is 2.56. The minimum Gasteiger partial charge on any atom is -0.238 e.